The number of halogens is 10. The van der Waals surface area contributed by atoms with Crippen LogP contribution in [0, 0.1) is 0 Å². The standard InChI is InChI=1S/C4H10N2.2C3HF5O3/c1-2-6-4-3-5-1;2*4-2(5,1(9)10)11-3(6,7)8/h5-6H,1-4H2;2*(H,9,10). The summed E-state index contributed by atoms with van der Waals surface area (Å²) in [7, 11) is 0. The number of carboxylic acid groups (broad SMARTS) is 2. The summed E-state index contributed by atoms with van der Waals surface area (Å²) in [6, 6.07) is 0. The second-order valence-corrected chi connectivity index (χ2v) is 4.24. The molecule has 0 spiro atoms. The summed E-state index contributed by atoms with van der Waals surface area (Å²) in [6.45, 7) is 4.56. The summed E-state index contributed by atoms with van der Waals surface area (Å²) in [5, 5.41) is 21.3. The van der Waals surface area contributed by atoms with E-state index < -0.39 is 36.9 Å². The van der Waals surface area contributed by atoms with E-state index in [2.05, 4.69) is 10.6 Å². The van der Waals surface area contributed by atoms with Crippen LogP contribution in [0.3, 0.4) is 0 Å². The molecule has 1 aliphatic heterocycles. The maximum atomic E-state index is 11.5. The fraction of sp³-hybridized carbons (Fsp3) is 0.800. The Bertz CT molecular complexity index is 443. The van der Waals surface area contributed by atoms with Crippen molar-refractivity contribution in [1.82, 2.24) is 10.6 Å². The fourth-order valence-electron chi connectivity index (χ4n) is 0.982. The molecule has 0 bridgehead atoms. The molecule has 0 aliphatic carbocycles. The molecule has 0 atom stereocenters. The average molecular weight is 446 g/mol. The van der Waals surface area contributed by atoms with Gasteiger partial charge in [0.1, 0.15) is 0 Å². The number of hydrogen-bond donors (Lipinski definition) is 4. The van der Waals surface area contributed by atoms with E-state index >= 15 is 0 Å². The number of alkyl halides is 10. The van der Waals surface area contributed by atoms with Crippen molar-refractivity contribution in [2.75, 3.05) is 26.2 Å². The predicted molar refractivity (Wildman–Crippen MR) is 65.2 cm³/mol. The molecule has 1 saturated heterocycles. The molecule has 18 heteroatoms. The molecule has 1 aliphatic rings. The Labute approximate surface area is 148 Å². The van der Waals surface area contributed by atoms with Gasteiger partial charge in [-0.15, -0.1) is 26.3 Å². The van der Waals surface area contributed by atoms with Crippen molar-refractivity contribution in [3.8, 4) is 0 Å². The zero-order chi connectivity index (χ0) is 22.8. The topological polar surface area (TPSA) is 117 Å². The third kappa shape index (κ3) is 16.3. The smallest absolute Gasteiger partial charge is 0.475 e. The first-order valence-corrected chi connectivity index (χ1v) is 6.48. The van der Waals surface area contributed by atoms with E-state index in [-0.39, 0.29) is 0 Å². The molecule has 0 aromatic carbocycles. The molecule has 0 radical (unpaired) electrons. The van der Waals surface area contributed by atoms with Crippen molar-refractivity contribution < 1.29 is 73.2 Å². The maximum absolute atomic E-state index is 11.5. The summed E-state index contributed by atoms with van der Waals surface area (Å²) < 4.78 is 116. The van der Waals surface area contributed by atoms with E-state index in [0.29, 0.717) is 0 Å². The summed E-state index contributed by atoms with van der Waals surface area (Å²) in [4.78, 5) is 18.6. The normalized spacial score (nSPS) is 15.5. The van der Waals surface area contributed by atoms with E-state index in [4.69, 9.17) is 10.2 Å². The van der Waals surface area contributed by atoms with Crippen LogP contribution in [0.2, 0.25) is 0 Å². The van der Waals surface area contributed by atoms with Gasteiger partial charge in [0.25, 0.3) is 0 Å². The minimum absolute atomic E-state index is 1.14. The number of hydrogen-bond acceptors (Lipinski definition) is 6. The molecule has 1 heterocycles. The van der Waals surface area contributed by atoms with E-state index in [9.17, 15) is 53.5 Å². The Kier molecular flexibility index (Phi) is 11.3. The highest BCUT2D eigenvalue weighted by Gasteiger charge is 2.52. The quantitative estimate of drug-likeness (QED) is 0.481. The molecule has 1 fully saturated rings. The molecule has 8 nitrogen and oxygen atoms in total. The molecule has 0 saturated carbocycles. The highest BCUT2D eigenvalue weighted by atomic mass is 19.4. The Morgan fingerprint density at radius 3 is 0.893 bits per heavy atom. The summed E-state index contributed by atoms with van der Waals surface area (Å²) in [5.74, 6) is -5.98. The molecular weight excluding hydrogens is 434 g/mol. The van der Waals surface area contributed by atoms with Crippen molar-refractivity contribution in [3.05, 3.63) is 0 Å². The number of piperazine rings is 1. The van der Waals surface area contributed by atoms with Gasteiger partial charge in [0.15, 0.2) is 0 Å². The van der Waals surface area contributed by atoms with E-state index in [0.717, 1.165) is 26.2 Å². The molecule has 4 N–H and O–H groups in total. The van der Waals surface area contributed by atoms with Crippen LogP contribution in [0.4, 0.5) is 43.9 Å². The highest BCUT2D eigenvalue weighted by Crippen LogP contribution is 2.28. The number of rotatable bonds is 4. The van der Waals surface area contributed by atoms with Gasteiger partial charge in [0.2, 0.25) is 0 Å². The van der Waals surface area contributed by atoms with Gasteiger partial charge in [-0.25, -0.2) is 19.1 Å². The van der Waals surface area contributed by atoms with Crippen molar-refractivity contribution in [3.63, 3.8) is 0 Å². The van der Waals surface area contributed by atoms with E-state index in [1.165, 1.54) is 0 Å². The van der Waals surface area contributed by atoms with Crippen LogP contribution >= 0.6 is 0 Å². The maximum Gasteiger partial charge on any atom is 0.527 e. The molecule has 0 unspecified atom stereocenters. The third-order valence-electron chi connectivity index (χ3n) is 1.94. The van der Waals surface area contributed by atoms with Crippen molar-refractivity contribution in [2.45, 2.75) is 24.9 Å². The van der Waals surface area contributed by atoms with Gasteiger partial charge in [-0.1, -0.05) is 0 Å². The second-order valence-electron chi connectivity index (χ2n) is 4.24. The van der Waals surface area contributed by atoms with Crippen LogP contribution in [0.15, 0.2) is 0 Å². The average Bonchev–Trinajstić information content (AvgIpc) is 2.45. The largest absolute Gasteiger partial charge is 0.527 e. The molecule has 28 heavy (non-hydrogen) atoms. The summed E-state index contributed by atoms with van der Waals surface area (Å²) >= 11 is 0. The molecule has 0 amide bonds. The minimum atomic E-state index is -5.66. The van der Waals surface area contributed by atoms with Crippen molar-refractivity contribution in [1.29, 1.82) is 0 Å². The van der Waals surface area contributed by atoms with Gasteiger partial charge in [0.05, 0.1) is 0 Å². The number of aliphatic carboxylic acids is 2. The zero-order valence-corrected chi connectivity index (χ0v) is 13.1. The van der Waals surface area contributed by atoms with Gasteiger partial charge in [-0.3, -0.25) is 0 Å². The van der Waals surface area contributed by atoms with Gasteiger partial charge in [-0.2, -0.15) is 17.6 Å². The highest BCUT2D eigenvalue weighted by molar-refractivity contribution is 5.73. The Balaban J connectivity index is 0. The first-order chi connectivity index (χ1) is 12.3. The molecular formula is C10H12F10N2O6. The lowest BCUT2D eigenvalue weighted by molar-refractivity contribution is -0.414. The Morgan fingerprint density at radius 2 is 0.821 bits per heavy atom. The number of ether oxygens (including phenoxy) is 2. The number of carbonyl (C=O) groups is 2. The van der Waals surface area contributed by atoms with Gasteiger partial charge >= 0.3 is 36.9 Å². The lowest BCUT2D eigenvalue weighted by atomic mass is 10.4. The second kappa shape index (κ2) is 11.2. The minimum Gasteiger partial charge on any atom is -0.475 e. The van der Waals surface area contributed by atoms with Crippen LogP contribution in [-0.2, 0) is 19.1 Å². The van der Waals surface area contributed by atoms with Gasteiger partial charge in [0, 0.05) is 26.2 Å². The summed E-state index contributed by atoms with van der Waals surface area (Å²) in [5.41, 5.74) is 0. The lowest BCUT2D eigenvalue weighted by Crippen LogP contribution is -2.39. The zero-order valence-electron chi connectivity index (χ0n) is 13.1. The first-order valence-electron chi connectivity index (χ1n) is 6.48. The third-order valence-corrected chi connectivity index (χ3v) is 1.94. The fourth-order valence-corrected chi connectivity index (χ4v) is 0.982. The Hall–Kier alpha value is -1.92. The predicted octanol–water partition coefficient (Wildman–Crippen LogP) is 1.58. The first kappa shape index (κ1) is 28.3. The van der Waals surface area contributed by atoms with Gasteiger partial charge < -0.3 is 20.8 Å². The molecule has 1 rings (SSSR count). The number of carboxylic acids is 2. The van der Waals surface area contributed by atoms with Crippen LogP contribution < -0.4 is 10.6 Å². The van der Waals surface area contributed by atoms with Crippen molar-refractivity contribution >= 4 is 11.9 Å². The van der Waals surface area contributed by atoms with Gasteiger partial charge in [-0.05, 0) is 0 Å². The Morgan fingerprint density at radius 1 is 0.607 bits per heavy atom. The molecule has 168 valence electrons. The van der Waals surface area contributed by atoms with E-state index in [1.54, 1.807) is 0 Å². The molecule has 0 aromatic rings. The monoisotopic (exact) mass is 446 g/mol. The number of nitrogens with one attached hydrogen (secondary N) is 2. The van der Waals surface area contributed by atoms with Crippen LogP contribution in [0.5, 0.6) is 0 Å². The van der Waals surface area contributed by atoms with Crippen LogP contribution in [0.1, 0.15) is 0 Å². The van der Waals surface area contributed by atoms with Crippen molar-refractivity contribution in [2.24, 2.45) is 0 Å². The molecule has 0 aromatic heterocycles. The van der Waals surface area contributed by atoms with Crippen LogP contribution in [-0.4, -0.2) is 73.3 Å². The van der Waals surface area contributed by atoms with Crippen LogP contribution in [0.25, 0.3) is 0 Å². The van der Waals surface area contributed by atoms with E-state index in [1.807, 2.05) is 9.47 Å². The summed E-state index contributed by atoms with van der Waals surface area (Å²) in [6.07, 6.45) is -21.8. The lowest BCUT2D eigenvalue weighted by Gasteiger charge is -2.13. The SMILES string of the molecule is C1CNCCN1.O=C(O)C(F)(F)OC(F)(F)F.O=C(O)C(F)(F)OC(F)(F)F.